The van der Waals surface area contributed by atoms with E-state index in [1.165, 1.54) is 11.1 Å². The van der Waals surface area contributed by atoms with E-state index in [4.69, 9.17) is 10.2 Å². The van der Waals surface area contributed by atoms with Crippen molar-refractivity contribution in [2.45, 2.75) is 46.6 Å². The van der Waals surface area contributed by atoms with Crippen molar-refractivity contribution >= 4 is 11.0 Å². The highest BCUT2D eigenvalue weighted by Gasteiger charge is 2.11. The fourth-order valence-corrected chi connectivity index (χ4v) is 2.26. The van der Waals surface area contributed by atoms with Crippen molar-refractivity contribution in [2.75, 3.05) is 0 Å². The normalized spacial score (nSPS) is 10.8. The summed E-state index contributed by atoms with van der Waals surface area (Å²) in [6.45, 7) is 7.13. The molecule has 0 aliphatic carbocycles. The Morgan fingerprint density at radius 2 is 2.00 bits per heavy atom. The van der Waals surface area contributed by atoms with Crippen LogP contribution in [0.1, 0.15) is 36.7 Å². The Kier molecular flexibility index (Phi) is 3.66. The Bertz CT molecular complexity index is 602. The van der Waals surface area contributed by atoms with Crippen molar-refractivity contribution in [3.8, 4) is 6.07 Å². The van der Waals surface area contributed by atoms with Gasteiger partial charge in [-0.25, -0.2) is 4.98 Å². The molecule has 1 aromatic carbocycles. The molecular weight excluding hydrogens is 222 g/mol. The van der Waals surface area contributed by atoms with E-state index in [-0.39, 0.29) is 0 Å². The van der Waals surface area contributed by atoms with Crippen LogP contribution in [0.2, 0.25) is 0 Å². The minimum atomic E-state index is 0.537. The molecule has 3 heteroatoms. The van der Waals surface area contributed by atoms with Gasteiger partial charge in [0.1, 0.15) is 5.82 Å². The Hall–Kier alpha value is -1.82. The molecule has 18 heavy (non-hydrogen) atoms. The number of aromatic nitrogens is 2. The quantitative estimate of drug-likeness (QED) is 0.821. The van der Waals surface area contributed by atoms with E-state index in [0.29, 0.717) is 6.42 Å². The first-order chi connectivity index (χ1) is 8.67. The summed E-state index contributed by atoms with van der Waals surface area (Å²) in [7, 11) is 0. The number of imidazole rings is 1. The van der Waals surface area contributed by atoms with Gasteiger partial charge in [0.25, 0.3) is 0 Å². The van der Waals surface area contributed by atoms with Crippen molar-refractivity contribution in [1.82, 2.24) is 9.55 Å². The second-order valence-corrected chi connectivity index (χ2v) is 4.76. The zero-order valence-corrected chi connectivity index (χ0v) is 11.3. The van der Waals surface area contributed by atoms with E-state index in [0.717, 1.165) is 36.2 Å². The van der Waals surface area contributed by atoms with Crippen LogP contribution in [0, 0.1) is 25.2 Å². The summed E-state index contributed by atoms with van der Waals surface area (Å²) in [4.78, 5) is 4.71. The molecule has 0 amide bonds. The SMILES string of the molecule is CCCc1nc2cc(C)c(C)cc2n1CCC#N. The van der Waals surface area contributed by atoms with Crippen molar-refractivity contribution in [3.63, 3.8) is 0 Å². The lowest BCUT2D eigenvalue weighted by Gasteiger charge is -2.07. The zero-order chi connectivity index (χ0) is 13.1. The molecule has 0 spiro atoms. The molecule has 2 aromatic rings. The number of nitriles is 1. The predicted molar refractivity (Wildman–Crippen MR) is 73.4 cm³/mol. The van der Waals surface area contributed by atoms with Gasteiger partial charge in [-0.15, -0.1) is 0 Å². The van der Waals surface area contributed by atoms with Crippen molar-refractivity contribution in [3.05, 3.63) is 29.1 Å². The third-order valence-electron chi connectivity index (χ3n) is 3.36. The van der Waals surface area contributed by atoms with Gasteiger partial charge in [0.15, 0.2) is 0 Å². The maximum atomic E-state index is 8.77. The number of benzene rings is 1. The minimum Gasteiger partial charge on any atom is -0.327 e. The van der Waals surface area contributed by atoms with Crippen LogP contribution in [0.15, 0.2) is 12.1 Å². The largest absolute Gasteiger partial charge is 0.327 e. The second-order valence-electron chi connectivity index (χ2n) is 4.76. The van der Waals surface area contributed by atoms with Crippen LogP contribution in [-0.2, 0) is 13.0 Å². The van der Waals surface area contributed by atoms with Crippen molar-refractivity contribution < 1.29 is 0 Å². The maximum absolute atomic E-state index is 8.77. The first-order valence-electron chi connectivity index (χ1n) is 6.50. The average Bonchev–Trinajstić information content (AvgIpc) is 2.65. The van der Waals surface area contributed by atoms with Crippen LogP contribution < -0.4 is 0 Å². The van der Waals surface area contributed by atoms with E-state index in [1.807, 2.05) is 0 Å². The first-order valence-corrected chi connectivity index (χ1v) is 6.50. The lowest BCUT2D eigenvalue weighted by Crippen LogP contribution is -2.03. The van der Waals surface area contributed by atoms with Gasteiger partial charge in [-0.05, 0) is 43.5 Å². The van der Waals surface area contributed by atoms with Crippen LogP contribution in [0.3, 0.4) is 0 Å². The molecule has 0 fully saturated rings. The van der Waals surface area contributed by atoms with E-state index in [9.17, 15) is 0 Å². The number of fused-ring (bicyclic) bond motifs is 1. The predicted octanol–water partition coefficient (Wildman–Crippen LogP) is 3.52. The van der Waals surface area contributed by atoms with E-state index in [2.05, 4.69) is 43.5 Å². The Morgan fingerprint density at radius 3 is 2.67 bits per heavy atom. The average molecular weight is 241 g/mol. The highest BCUT2D eigenvalue weighted by molar-refractivity contribution is 5.78. The fourth-order valence-electron chi connectivity index (χ4n) is 2.26. The number of nitrogens with zero attached hydrogens (tertiary/aromatic N) is 3. The summed E-state index contributed by atoms with van der Waals surface area (Å²) in [5.41, 5.74) is 4.77. The second kappa shape index (κ2) is 5.22. The highest BCUT2D eigenvalue weighted by Crippen LogP contribution is 2.21. The fraction of sp³-hybridized carbons (Fsp3) is 0.467. The molecule has 0 aliphatic heterocycles. The number of hydrogen-bond acceptors (Lipinski definition) is 2. The van der Waals surface area contributed by atoms with Crippen LogP contribution in [0.25, 0.3) is 11.0 Å². The van der Waals surface area contributed by atoms with Crippen LogP contribution >= 0.6 is 0 Å². The standard InChI is InChI=1S/C15H19N3/c1-4-6-15-17-13-9-11(2)12(3)10-14(13)18(15)8-5-7-16/h9-10H,4-6,8H2,1-3H3. The Balaban J connectivity index is 2.57. The summed E-state index contributed by atoms with van der Waals surface area (Å²) in [6, 6.07) is 6.55. The van der Waals surface area contributed by atoms with E-state index in [1.54, 1.807) is 0 Å². The van der Waals surface area contributed by atoms with E-state index < -0.39 is 0 Å². The molecule has 3 nitrogen and oxygen atoms in total. The number of aryl methyl sites for hydroxylation is 4. The molecule has 1 aromatic heterocycles. The maximum Gasteiger partial charge on any atom is 0.109 e. The van der Waals surface area contributed by atoms with E-state index >= 15 is 0 Å². The van der Waals surface area contributed by atoms with Gasteiger partial charge in [-0.1, -0.05) is 6.92 Å². The van der Waals surface area contributed by atoms with Gasteiger partial charge in [0.2, 0.25) is 0 Å². The molecule has 0 atom stereocenters. The lowest BCUT2D eigenvalue weighted by molar-refractivity contribution is 0.671. The Morgan fingerprint density at radius 1 is 1.28 bits per heavy atom. The first kappa shape index (κ1) is 12.6. The minimum absolute atomic E-state index is 0.537. The molecule has 0 radical (unpaired) electrons. The Labute approximate surface area is 108 Å². The summed E-state index contributed by atoms with van der Waals surface area (Å²) in [6.07, 6.45) is 2.58. The molecule has 2 rings (SSSR count). The summed E-state index contributed by atoms with van der Waals surface area (Å²) in [5, 5.41) is 8.77. The third-order valence-corrected chi connectivity index (χ3v) is 3.36. The van der Waals surface area contributed by atoms with Crippen molar-refractivity contribution in [2.24, 2.45) is 0 Å². The van der Waals surface area contributed by atoms with Gasteiger partial charge in [0.05, 0.1) is 23.5 Å². The van der Waals surface area contributed by atoms with Gasteiger partial charge in [0, 0.05) is 13.0 Å². The lowest BCUT2D eigenvalue weighted by atomic mass is 10.1. The van der Waals surface area contributed by atoms with Gasteiger partial charge < -0.3 is 4.57 Å². The third kappa shape index (κ3) is 2.24. The molecule has 0 N–H and O–H groups in total. The highest BCUT2D eigenvalue weighted by atomic mass is 15.1. The van der Waals surface area contributed by atoms with Crippen LogP contribution in [0.5, 0.6) is 0 Å². The molecule has 0 bridgehead atoms. The van der Waals surface area contributed by atoms with Gasteiger partial charge >= 0.3 is 0 Å². The van der Waals surface area contributed by atoms with Crippen LogP contribution in [-0.4, -0.2) is 9.55 Å². The topological polar surface area (TPSA) is 41.6 Å². The van der Waals surface area contributed by atoms with Crippen LogP contribution in [0.4, 0.5) is 0 Å². The smallest absolute Gasteiger partial charge is 0.109 e. The summed E-state index contributed by atoms with van der Waals surface area (Å²) >= 11 is 0. The number of rotatable bonds is 4. The molecule has 0 unspecified atom stereocenters. The number of hydrogen-bond donors (Lipinski definition) is 0. The molecule has 94 valence electrons. The monoisotopic (exact) mass is 241 g/mol. The van der Waals surface area contributed by atoms with Gasteiger partial charge in [-0.2, -0.15) is 5.26 Å². The molecule has 1 heterocycles. The summed E-state index contributed by atoms with van der Waals surface area (Å²) in [5.74, 6) is 1.10. The summed E-state index contributed by atoms with van der Waals surface area (Å²) < 4.78 is 2.20. The van der Waals surface area contributed by atoms with Crippen molar-refractivity contribution in [1.29, 1.82) is 5.26 Å². The zero-order valence-electron chi connectivity index (χ0n) is 11.3. The molecule has 0 aliphatic rings. The molecule has 0 saturated heterocycles. The van der Waals surface area contributed by atoms with Gasteiger partial charge in [-0.3, -0.25) is 0 Å². The molecular formula is C15H19N3. The molecule has 0 saturated carbocycles.